The molecule has 5 N–H and O–H groups in total. The lowest BCUT2D eigenvalue weighted by molar-refractivity contribution is -0.0468. The van der Waals surface area contributed by atoms with Gasteiger partial charge < -0.3 is 29.5 Å². The molecule has 5 unspecified atom stereocenters. The van der Waals surface area contributed by atoms with Crippen molar-refractivity contribution in [2.24, 2.45) is 0 Å². The Morgan fingerprint density at radius 2 is 1.88 bits per heavy atom. The van der Waals surface area contributed by atoms with Crippen LogP contribution in [0.5, 0.6) is 0 Å². The van der Waals surface area contributed by atoms with Crippen LogP contribution in [0.1, 0.15) is 64.2 Å². The zero-order valence-corrected chi connectivity index (χ0v) is 21.5. The van der Waals surface area contributed by atoms with Crippen LogP contribution in [0.2, 0.25) is 0 Å². The van der Waals surface area contributed by atoms with E-state index < -0.39 is 43.0 Å². The number of ether oxygens (including phenoxy) is 1. The Labute approximate surface area is 201 Å². The molecule has 11 nitrogen and oxygen atoms in total. The summed E-state index contributed by atoms with van der Waals surface area (Å²) in [6, 6.07) is 0. The maximum absolute atomic E-state index is 12.8. The smallest absolute Gasteiger partial charge is 0.359 e. The van der Waals surface area contributed by atoms with E-state index in [0.29, 0.717) is 11.1 Å². The highest BCUT2D eigenvalue weighted by molar-refractivity contribution is 7.71. The molecule has 1 fully saturated rings. The molecule has 2 aromatic heterocycles. The van der Waals surface area contributed by atoms with Crippen LogP contribution in [-0.4, -0.2) is 63.8 Å². The molecule has 3 rings (SSSR count). The fraction of sp³-hybridized carbons (Fsp3) is 0.667. The first-order valence-corrected chi connectivity index (χ1v) is 13.0. The summed E-state index contributed by atoms with van der Waals surface area (Å²) < 4.78 is 25.9. The Morgan fingerprint density at radius 1 is 1.26 bits per heavy atom. The van der Waals surface area contributed by atoms with E-state index in [1.807, 2.05) is 0 Å². The first-order valence-electron chi connectivity index (χ1n) is 11.0. The Morgan fingerprint density at radius 3 is 2.47 bits per heavy atom. The molecular weight excluding hydrogens is 485 g/mol. The van der Waals surface area contributed by atoms with E-state index in [1.54, 1.807) is 51.4 Å². The van der Waals surface area contributed by atoms with Gasteiger partial charge in [-0.2, -0.15) is 0 Å². The van der Waals surface area contributed by atoms with Gasteiger partial charge in [0.2, 0.25) is 5.78 Å². The number of aliphatic hydroxyl groups excluding tert-OH is 2. The summed E-state index contributed by atoms with van der Waals surface area (Å²) in [6.07, 6.45) is -1.54. The van der Waals surface area contributed by atoms with Crippen molar-refractivity contribution < 1.29 is 34.0 Å². The standard InChI is InChI=1S/C21H32N3O8PS/c1-6-21(28,7-2)33(29,30)32-20(4,5)8-13-14(25)15(26)16(31-13)12-10-24-9-11(3)17(27)22-19(24)23-18(12)34/h9-10,13-16,25-26,28H,6-8H2,1-5H3,(H,29,30)(H,22,23,27,34). The number of aromatic amines is 1. The summed E-state index contributed by atoms with van der Waals surface area (Å²) >= 11 is 5.33. The minimum absolute atomic E-state index is 0.0235. The second kappa shape index (κ2) is 9.51. The zero-order valence-electron chi connectivity index (χ0n) is 19.8. The summed E-state index contributed by atoms with van der Waals surface area (Å²) in [5.41, 5.74) is -0.804. The van der Waals surface area contributed by atoms with Crippen molar-refractivity contribution in [2.45, 2.75) is 89.2 Å². The molecule has 1 aliphatic rings. The number of hydrogen-bond acceptors (Lipinski definition) is 9. The van der Waals surface area contributed by atoms with Crippen molar-refractivity contribution in [3.05, 3.63) is 38.5 Å². The molecule has 0 aliphatic carbocycles. The van der Waals surface area contributed by atoms with E-state index >= 15 is 0 Å². The summed E-state index contributed by atoms with van der Waals surface area (Å²) in [4.78, 5) is 29.1. The molecule has 0 spiro atoms. The van der Waals surface area contributed by atoms with Gasteiger partial charge in [0.25, 0.3) is 5.56 Å². The van der Waals surface area contributed by atoms with Gasteiger partial charge in [0, 0.05) is 29.9 Å². The van der Waals surface area contributed by atoms with Crippen LogP contribution < -0.4 is 5.56 Å². The third kappa shape index (κ3) is 5.05. The van der Waals surface area contributed by atoms with Gasteiger partial charge in [-0.3, -0.25) is 18.7 Å². The summed E-state index contributed by atoms with van der Waals surface area (Å²) in [5, 5.41) is 30.0. The average molecular weight is 518 g/mol. The number of nitrogens with one attached hydrogen (secondary N) is 1. The lowest BCUT2D eigenvalue weighted by Gasteiger charge is -2.37. The van der Waals surface area contributed by atoms with Crippen molar-refractivity contribution in [2.75, 3.05) is 0 Å². The maximum Gasteiger partial charge on any atom is 0.359 e. The number of aliphatic hydroxyl groups is 3. The summed E-state index contributed by atoms with van der Waals surface area (Å²) in [5.74, 6) is 0.224. The minimum Gasteiger partial charge on any atom is -0.388 e. The molecule has 2 aromatic rings. The molecule has 1 saturated heterocycles. The topological polar surface area (TPSA) is 167 Å². The molecular formula is C21H32N3O8PS. The van der Waals surface area contributed by atoms with Gasteiger partial charge >= 0.3 is 7.60 Å². The van der Waals surface area contributed by atoms with Crippen LogP contribution in [0.15, 0.2) is 17.2 Å². The van der Waals surface area contributed by atoms with E-state index in [-0.39, 0.29) is 35.2 Å². The van der Waals surface area contributed by atoms with Gasteiger partial charge in [-0.1, -0.05) is 26.1 Å². The van der Waals surface area contributed by atoms with Gasteiger partial charge in [-0.15, -0.1) is 0 Å². The molecule has 13 heteroatoms. The summed E-state index contributed by atoms with van der Waals surface area (Å²) in [7, 11) is -4.45. The number of fused-ring (bicyclic) bond motifs is 1. The van der Waals surface area contributed by atoms with Crippen LogP contribution in [0.25, 0.3) is 5.78 Å². The Balaban J connectivity index is 1.86. The molecule has 5 atom stereocenters. The second-order valence-corrected chi connectivity index (χ2v) is 11.8. The Bertz CT molecular complexity index is 1220. The van der Waals surface area contributed by atoms with Crippen LogP contribution in [-0.2, 0) is 13.8 Å². The minimum atomic E-state index is -4.45. The van der Waals surface area contributed by atoms with Gasteiger partial charge in [0.05, 0.1) is 11.7 Å². The normalized spacial score (nSPS) is 25.6. The first kappa shape index (κ1) is 27.1. The predicted molar refractivity (Wildman–Crippen MR) is 126 cm³/mol. The molecule has 0 amide bonds. The third-order valence-corrected chi connectivity index (χ3v) is 9.04. The SMILES string of the molecule is CCC(O)(CC)P(=O)(O)OC(C)(C)CC1OC(c2cn3cc(C)c(=O)[nH]c3nc2=S)C(O)C1O. The number of aryl methyl sites for hydroxylation is 1. The van der Waals surface area contributed by atoms with Crippen molar-refractivity contribution in [1.29, 1.82) is 0 Å². The molecule has 0 saturated carbocycles. The lowest BCUT2D eigenvalue weighted by atomic mass is 9.96. The zero-order chi connectivity index (χ0) is 25.6. The Hall–Kier alpha value is -1.50. The quantitative estimate of drug-likeness (QED) is 0.258. The largest absolute Gasteiger partial charge is 0.388 e. The fourth-order valence-electron chi connectivity index (χ4n) is 4.10. The number of aromatic nitrogens is 3. The Kier molecular flexibility index (Phi) is 7.58. The van der Waals surface area contributed by atoms with Crippen molar-refractivity contribution in [3.63, 3.8) is 0 Å². The van der Waals surface area contributed by atoms with Crippen molar-refractivity contribution in [1.82, 2.24) is 14.4 Å². The molecule has 0 bridgehead atoms. The fourth-order valence-corrected chi connectivity index (χ4v) is 6.07. The molecule has 0 radical (unpaired) electrons. The van der Waals surface area contributed by atoms with Gasteiger partial charge in [-0.25, -0.2) is 4.98 Å². The number of H-pyrrole nitrogens is 1. The first-order chi connectivity index (χ1) is 15.6. The molecule has 0 aromatic carbocycles. The number of rotatable bonds is 8. The van der Waals surface area contributed by atoms with E-state index in [1.165, 1.54) is 0 Å². The molecule has 34 heavy (non-hydrogen) atoms. The predicted octanol–water partition coefficient (Wildman–Crippen LogP) is 2.10. The maximum atomic E-state index is 12.8. The monoisotopic (exact) mass is 517 g/mol. The van der Waals surface area contributed by atoms with Gasteiger partial charge in [0.15, 0.2) is 5.34 Å². The van der Waals surface area contributed by atoms with Gasteiger partial charge in [-0.05, 0) is 33.6 Å². The molecule has 190 valence electrons. The van der Waals surface area contributed by atoms with E-state index in [0.717, 1.165) is 0 Å². The highest BCUT2D eigenvalue weighted by atomic mass is 32.1. The van der Waals surface area contributed by atoms with Crippen LogP contribution in [0.3, 0.4) is 0 Å². The molecule has 1 aliphatic heterocycles. The lowest BCUT2D eigenvalue weighted by Crippen LogP contribution is -2.39. The van der Waals surface area contributed by atoms with Crippen LogP contribution in [0.4, 0.5) is 0 Å². The third-order valence-electron chi connectivity index (χ3n) is 6.28. The van der Waals surface area contributed by atoms with E-state index in [9.17, 15) is 29.6 Å². The van der Waals surface area contributed by atoms with Crippen LogP contribution in [0, 0.1) is 11.6 Å². The number of hydrogen-bond donors (Lipinski definition) is 5. The van der Waals surface area contributed by atoms with E-state index in [4.69, 9.17) is 21.5 Å². The molecule has 3 heterocycles. The second-order valence-electron chi connectivity index (χ2n) is 9.34. The highest BCUT2D eigenvalue weighted by Gasteiger charge is 2.51. The van der Waals surface area contributed by atoms with Gasteiger partial charge in [0.1, 0.15) is 23.0 Å². The van der Waals surface area contributed by atoms with Crippen LogP contribution >= 0.6 is 19.8 Å². The highest BCUT2D eigenvalue weighted by Crippen LogP contribution is 2.60. The number of nitrogens with zero attached hydrogens (tertiary/aromatic N) is 2. The van der Waals surface area contributed by atoms with Crippen molar-refractivity contribution >= 4 is 25.6 Å². The average Bonchev–Trinajstić information content (AvgIpc) is 3.00. The van der Waals surface area contributed by atoms with E-state index in [2.05, 4.69) is 9.97 Å². The summed E-state index contributed by atoms with van der Waals surface area (Å²) in [6.45, 7) is 7.90. The van der Waals surface area contributed by atoms with Crippen molar-refractivity contribution in [3.8, 4) is 0 Å².